The minimum absolute atomic E-state index is 0.524. The highest BCUT2D eigenvalue weighted by Gasteiger charge is 2.11. The maximum atomic E-state index is 5.89. The predicted molar refractivity (Wildman–Crippen MR) is 85.7 cm³/mol. The first-order valence-corrected chi connectivity index (χ1v) is 8.04. The molecule has 0 spiro atoms. The second-order valence-electron chi connectivity index (χ2n) is 4.90. The second-order valence-corrected chi connectivity index (χ2v) is 6.03. The van der Waals surface area contributed by atoms with Gasteiger partial charge in [0.25, 0.3) is 0 Å². The Bertz CT molecular complexity index is 366. The lowest BCUT2D eigenvalue weighted by atomic mass is 10.1. The fourth-order valence-electron chi connectivity index (χ4n) is 2.04. The van der Waals surface area contributed by atoms with Crippen molar-refractivity contribution in [1.82, 2.24) is 0 Å². The summed E-state index contributed by atoms with van der Waals surface area (Å²) in [6.45, 7) is 7.86. The van der Waals surface area contributed by atoms with Crippen molar-refractivity contribution in [3.8, 4) is 0 Å². The Labute approximate surface area is 125 Å². The number of hydrogen-bond donors (Lipinski definition) is 0. The number of anilines is 1. The number of hydrogen-bond acceptors (Lipinski definition) is 1. The van der Waals surface area contributed by atoms with E-state index in [0.717, 1.165) is 16.6 Å². The zero-order valence-electron chi connectivity index (χ0n) is 11.5. The molecule has 0 saturated heterocycles. The average molecular weight is 333 g/mol. The van der Waals surface area contributed by atoms with Gasteiger partial charge in [-0.15, -0.1) is 11.6 Å². The number of halogens is 2. The molecule has 0 aliphatic heterocycles. The first kappa shape index (κ1) is 15.8. The van der Waals surface area contributed by atoms with E-state index in [9.17, 15) is 0 Å². The molecule has 0 atom stereocenters. The van der Waals surface area contributed by atoms with E-state index in [0.29, 0.717) is 11.9 Å². The van der Waals surface area contributed by atoms with Gasteiger partial charge in [0.1, 0.15) is 0 Å². The summed E-state index contributed by atoms with van der Waals surface area (Å²) in [4.78, 5) is 2.46. The van der Waals surface area contributed by atoms with Crippen molar-refractivity contribution in [3.63, 3.8) is 0 Å². The molecule has 0 radical (unpaired) electrons. The van der Waals surface area contributed by atoms with Crippen LogP contribution in [0.5, 0.6) is 0 Å². The Morgan fingerprint density at radius 3 is 2.50 bits per heavy atom. The van der Waals surface area contributed by atoms with Crippen LogP contribution in [-0.2, 0) is 5.88 Å². The van der Waals surface area contributed by atoms with Gasteiger partial charge in [-0.05, 0) is 38.0 Å². The lowest BCUT2D eigenvalue weighted by Gasteiger charge is -2.29. The monoisotopic (exact) mass is 331 g/mol. The van der Waals surface area contributed by atoms with Crippen molar-refractivity contribution in [2.45, 2.75) is 52.0 Å². The number of rotatable bonds is 7. The van der Waals surface area contributed by atoms with Crippen LogP contribution < -0.4 is 4.90 Å². The number of benzene rings is 1. The zero-order valence-corrected chi connectivity index (χ0v) is 13.9. The summed E-state index contributed by atoms with van der Waals surface area (Å²) in [6, 6.07) is 7.00. The van der Waals surface area contributed by atoms with Gasteiger partial charge in [0.15, 0.2) is 0 Å². The van der Waals surface area contributed by atoms with Crippen LogP contribution in [0.3, 0.4) is 0 Å². The Balaban J connectivity index is 2.82. The molecule has 0 unspecified atom stereocenters. The first-order valence-electron chi connectivity index (χ1n) is 6.71. The molecule has 18 heavy (non-hydrogen) atoms. The van der Waals surface area contributed by atoms with E-state index in [-0.39, 0.29) is 0 Å². The minimum Gasteiger partial charge on any atom is -0.369 e. The van der Waals surface area contributed by atoms with Gasteiger partial charge in [0, 0.05) is 28.6 Å². The Morgan fingerprint density at radius 1 is 1.28 bits per heavy atom. The molecule has 0 fully saturated rings. The van der Waals surface area contributed by atoms with Crippen molar-refractivity contribution >= 4 is 33.2 Å². The third-order valence-electron chi connectivity index (χ3n) is 3.14. The van der Waals surface area contributed by atoms with Crippen LogP contribution in [-0.4, -0.2) is 12.6 Å². The Kier molecular flexibility index (Phi) is 7.10. The molecule has 0 N–H and O–H groups in total. The normalized spacial score (nSPS) is 11.0. The molecular weight excluding hydrogens is 310 g/mol. The van der Waals surface area contributed by atoms with Crippen LogP contribution in [0.2, 0.25) is 0 Å². The van der Waals surface area contributed by atoms with E-state index in [2.05, 4.69) is 59.8 Å². The Morgan fingerprint density at radius 2 is 2.00 bits per heavy atom. The highest BCUT2D eigenvalue weighted by molar-refractivity contribution is 9.10. The summed E-state index contributed by atoms with van der Waals surface area (Å²) in [5.74, 6) is 0.554. The van der Waals surface area contributed by atoms with Crippen LogP contribution >= 0.6 is 27.5 Å². The zero-order chi connectivity index (χ0) is 13.5. The first-order chi connectivity index (χ1) is 8.60. The van der Waals surface area contributed by atoms with Gasteiger partial charge in [-0.2, -0.15) is 0 Å². The molecule has 1 aromatic rings. The summed E-state index contributed by atoms with van der Waals surface area (Å²) >= 11 is 9.48. The third kappa shape index (κ3) is 4.47. The van der Waals surface area contributed by atoms with Crippen LogP contribution in [0, 0.1) is 0 Å². The molecule has 1 nitrogen and oxygen atoms in total. The maximum Gasteiger partial charge on any atom is 0.0485 e. The smallest absolute Gasteiger partial charge is 0.0485 e. The van der Waals surface area contributed by atoms with Crippen LogP contribution in [0.15, 0.2) is 22.7 Å². The SMILES string of the molecule is CCCCCN(c1ccc(CCl)c(Br)c1)C(C)C. The Hall–Kier alpha value is -0.210. The van der Waals surface area contributed by atoms with E-state index in [1.54, 1.807) is 0 Å². The number of nitrogens with zero attached hydrogens (tertiary/aromatic N) is 1. The molecule has 1 aromatic carbocycles. The van der Waals surface area contributed by atoms with Gasteiger partial charge in [-0.1, -0.05) is 41.8 Å². The van der Waals surface area contributed by atoms with Gasteiger partial charge < -0.3 is 4.90 Å². The van der Waals surface area contributed by atoms with Crippen molar-refractivity contribution in [3.05, 3.63) is 28.2 Å². The molecule has 0 saturated carbocycles. The lowest BCUT2D eigenvalue weighted by Crippen LogP contribution is -2.31. The fourth-order valence-corrected chi connectivity index (χ4v) is 2.94. The summed E-state index contributed by atoms with van der Waals surface area (Å²) in [5.41, 5.74) is 2.43. The van der Waals surface area contributed by atoms with E-state index in [4.69, 9.17) is 11.6 Å². The van der Waals surface area contributed by atoms with Crippen molar-refractivity contribution in [2.75, 3.05) is 11.4 Å². The molecular formula is C15H23BrClN. The summed E-state index contributed by atoms with van der Waals surface area (Å²) in [7, 11) is 0. The minimum atomic E-state index is 0.524. The van der Waals surface area contributed by atoms with E-state index in [1.165, 1.54) is 24.9 Å². The van der Waals surface area contributed by atoms with Crippen LogP contribution in [0.1, 0.15) is 45.6 Å². The molecule has 0 aliphatic rings. The van der Waals surface area contributed by atoms with Crippen molar-refractivity contribution < 1.29 is 0 Å². The lowest BCUT2D eigenvalue weighted by molar-refractivity contribution is 0.626. The summed E-state index contributed by atoms with van der Waals surface area (Å²) in [5, 5.41) is 0. The van der Waals surface area contributed by atoms with E-state index < -0.39 is 0 Å². The van der Waals surface area contributed by atoms with Gasteiger partial charge >= 0.3 is 0 Å². The quantitative estimate of drug-likeness (QED) is 0.464. The largest absolute Gasteiger partial charge is 0.369 e. The van der Waals surface area contributed by atoms with E-state index >= 15 is 0 Å². The van der Waals surface area contributed by atoms with Gasteiger partial charge in [0.05, 0.1) is 0 Å². The second kappa shape index (κ2) is 8.06. The molecule has 3 heteroatoms. The number of alkyl halides is 1. The van der Waals surface area contributed by atoms with Crippen molar-refractivity contribution in [1.29, 1.82) is 0 Å². The van der Waals surface area contributed by atoms with Gasteiger partial charge in [0.2, 0.25) is 0 Å². The molecule has 1 rings (SSSR count). The number of unbranched alkanes of at least 4 members (excludes halogenated alkanes) is 2. The van der Waals surface area contributed by atoms with Gasteiger partial charge in [-0.3, -0.25) is 0 Å². The highest BCUT2D eigenvalue weighted by Crippen LogP contribution is 2.26. The molecule has 0 amide bonds. The predicted octanol–water partition coefficient (Wildman–Crippen LogP) is 5.59. The third-order valence-corrected chi connectivity index (χ3v) is 4.16. The van der Waals surface area contributed by atoms with Gasteiger partial charge in [-0.25, -0.2) is 0 Å². The average Bonchev–Trinajstić information content (AvgIpc) is 2.34. The van der Waals surface area contributed by atoms with Crippen molar-refractivity contribution in [2.24, 2.45) is 0 Å². The fraction of sp³-hybridized carbons (Fsp3) is 0.600. The van der Waals surface area contributed by atoms with Crippen LogP contribution in [0.4, 0.5) is 5.69 Å². The summed E-state index contributed by atoms with van der Waals surface area (Å²) < 4.78 is 1.11. The summed E-state index contributed by atoms with van der Waals surface area (Å²) in [6.07, 6.45) is 3.81. The molecule has 0 bridgehead atoms. The molecule has 0 aromatic heterocycles. The van der Waals surface area contributed by atoms with Crippen LogP contribution in [0.25, 0.3) is 0 Å². The van der Waals surface area contributed by atoms with E-state index in [1.807, 2.05) is 0 Å². The maximum absolute atomic E-state index is 5.89. The standard InChI is InChI=1S/C15H23BrClN/c1-4-5-6-9-18(12(2)3)14-8-7-13(11-17)15(16)10-14/h7-8,10,12H,4-6,9,11H2,1-3H3. The molecule has 0 heterocycles. The molecule has 0 aliphatic carbocycles. The topological polar surface area (TPSA) is 3.24 Å². The molecule has 102 valence electrons. The highest BCUT2D eigenvalue weighted by atomic mass is 79.9.